The lowest BCUT2D eigenvalue weighted by atomic mass is 9.44. The van der Waals surface area contributed by atoms with Gasteiger partial charge in [0.2, 0.25) is 0 Å². The third-order valence-corrected chi connectivity index (χ3v) is 5.14. The number of carboxylic acid groups (broad SMARTS) is 1. The molecule has 0 aromatic heterocycles. The normalized spacial score (nSPS) is 44.7. The quantitative estimate of drug-likeness (QED) is 0.617. The summed E-state index contributed by atoms with van der Waals surface area (Å²) in [5.74, 6) is -0.246. The van der Waals surface area contributed by atoms with Crippen LogP contribution in [0, 0.1) is 22.7 Å². The van der Waals surface area contributed by atoms with E-state index in [1.54, 1.807) is 0 Å². The van der Waals surface area contributed by atoms with Gasteiger partial charge in [0.15, 0.2) is 0 Å². The minimum Gasteiger partial charge on any atom is -0.481 e. The molecule has 2 unspecified atom stereocenters. The van der Waals surface area contributed by atoms with Crippen molar-refractivity contribution in [2.24, 2.45) is 22.7 Å². The van der Waals surface area contributed by atoms with Crippen LogP contribution in [0.5, 0.6) is 0 Å². The Balaban J connectivity index is 1.96. The molecule has 4 aliphatic carbocycles. The highest BCUT2D eigenvalue weighted by atomic mass is 16.5. The number of esters is 1. The first-order valence-electron chi connectivity index (χ1n) is 6.55. The fourth-order valence-corrected chi connectivity index (χ4v) is 4.95. The number of carbonyl (C=O) groups excluding carboxylic acids is 1. The van der Waals surface area contributed by atoms with Crippen molar-refractivity contribution in [2.75, 3.05) is 0 Å². The maximum Gasteiger partial charge on any atom is 0.316 e. The van der Waals surface area contributed by atoms with Crippen molar-refractivity contribution >= 4 is 11.9 Å². The molecule has 4 rings (SSSR count). The van der Waals surface area contributed by atoms with E-state index in [0.717, 1.165) is 38.4 Å². The van der Waals surface area contributed by atoms with Crippen molar-refractivity contribution in [3.63, 3.8) is 0 Å². The van der Waals surface area contributed by atoms with E-state index in [9.17, 15) is 14.7 Å². The van der Waals surface area contributed by atoms with Gasteiger partial charge in [-0.15, -0.1) is 0 Å². The average molecular weight is 250 g/mol. The molecule has 1 N–H and O–H groups in total. The van der Waals surface area contributed by atoms with Gasteiger partial charge in [0.1, 0.15) is 0 Å². The summed E-state index contributed by atoms with van der Waals surface area (Å²) in [6.07, 6.45) is 5.77. The molecule has 0 amide bonds. The highest BCUT2D eigenvalue weighted by Crippen LogP contribution is 2.65. The van der Waals surface area contributed by atoms with Gasteiger partial charge in [-0.1, -0.05) is 6.58 Å². The molecule has 4 bridgehead atoms. The maximum atomic E-state index is 12.2. The second kappa shape index (κ2) is 3.59. The van der Waals surface area contributed by atoms with Crippen molar-refractivity contribution in [3.8, 4) is 0 Å². The van der Waals surface area contributed by atoms with Crippen molar-refractivity contribution in [3.05, 3.63) is 12.8 Å². The predicted molar refractivity (Wildman–Crippen MR) is 63.5 cm³/mol. The summed E-state index contributed by atoms with van der Waals surface area (Å²) in [5.41, 5.74) is -1.24. The van der Waals surface area contributed by atoms with Crippen molar-refractivity contribution < 1.29 is 19.4 Å². The highest BCUT2D eigenvalue weighted by molar-refractivity contribution is 5.82. The van der Waals surface area contributed by atoms with E-state index in [1.165, 1.54) is 0 Å². The molecule has 0 aromatic rings. The van der Waals surface area contributed by atoms with Gasteiger partial charge in [0.05, 0.1) is 17.1 Å². The van der Waals surface area contributed by atoms with Crippen molar-refractivity contribution in [1.82, 2.24) is 0 Å². The molecule has 4 fully saturated rings. The number of hydrogen-bond donors (Lipinski definition) is 1. The van der Waals surface area contributed by atoms with Gasteiger partial charge < -0.3 is 9.84 Å². The van der Waals surface area contributed by atoms with Crippen LogP contribution < -0.4 is 0 Å². The van der Waals surface area contributed by atoms with Gasteiger partial charge in [-0.2, -0.15) is 0 Å². The van der Waals surface area contributed by atoms with Crippen LogP contribution in [-0.4, -0.2) is 17.0 Å². The van der Waals surface area contributed by atoms with Gasteiger partial charge in [0.25, 0.3) is 0 Å². The molecule has 2 atom stereocenters. The average Bonchev–Trinajstić information content (AvgIpc) is 2.27. The summed E-state index contributed by atoms with van der Waals surface area (Å²) in [4.78, 5) is 23.8. The van der Waals surface area contributed by atoms with Gasteiger partial charge >= 0.3 is 11.9 Å². The molecule has 4 aliphatic rings. The molecule has 0 spiro atoms. The second-order valence-electron chi connectivity index (χ2n) is 6.40. The van der Waals surface area contributed by atoms with Crippen molar-refractivity contribution in [1.29, 1.82) is 0 Å². The summed E-state index contributed by atoms with van der Waals surface area (Å²) in [5, 5.41) is 9.53. The summed E-state index contributed by atoms with van der Waals surface area (Å²) < 4.78 is 4.98. The minimum absolute atomic E-state index is 0.266. The third-order valence-electron chi connectivity index (χ3n) is 5.14. The molecule has 98 valence electrons. The molecular formula is C14H18O4. The second-order valence-corrected chi connectivity index (χ2v) is 6.40. The number of aliphatic carboxylic acids is 1. The molecular weight excluding hydrogens is 232 g/mol. The van der Waals surface area contributed by atoms with Crippen LogP contribution >= 0.6 is 0 Å². The van der Waals surface area contributed by atoms with Crippen LogP contribution in [0.15, 0.2) is 12.8 Å². The Morgan fingerprint density at radius 1 is 1.17 bits per heavy atom. The lowest BCUT2D eigenvalue weighted by Crippen LogP contribution is -2.57. The number of hydrogen-bond acceptors (Lipinski definition) is 3. The largest absolute Gasteiger partial charge is 0.481 e. The van der Waals surface area contributed by atoms with Gasteiger partial charge in [-0.25, -0.2) is 0 Å². The predicted octanol–water partition coefficient (Wildman–Crippen LogP) is 2.34. The minimum atomic E-state index is -0.729. The fourth-order valence-electron chi connectivity index (χ4n) is 4.95. The Kier molecular flexibility index (Phi) is 2.34. The van der Waals surface area contributed by atoms with Gasteiger partial charge in [0, 0.05) is 0 Å². The van der Waals surface area contributed by atoms with E-state index in [0.29, 0.717) is 18.3 Å². The van der Waals surface area contributed by atoms with Crippen LogP contribution in [0.2, 0.25) is 0 Å². The molecule has 0 heterocycles. The number of carboxylic acids is 1. The molecule has 4 saturated carbocycles. The maximum absolute atomic E-state index is 12.2. The van der Waals surface area contributed by atoms with Crippen LogP contribution in [0.25, 0.3) is 0 Å². The third kappa shape index (κ3) is 1.44. The van der Waals surface area contributed by atoms with Crippen LogP contribution in [0.4, 0.5) is 0 Å². The lowest BCUT2D eigenvalue weighted by Gasteiger charge is -2.58. The Morgan fingerprint density at radius 2 is 1.72 bits per heavy atom. The van der Waals surface area contributed by atoms with Crippen LogP contribution in [0.3, 0.4) is 0 Å². The smallest absolute Gasteiger partial charge is 0.316 e. The van der Waals surface area contributed by atoms with Crippen LogP contribution in [0.1, 0.15) is 38.5 Å². The molecule has 4 heteroatoms. The van der Waals surface area contributed by atoms with E-state index in [2.05, 4.69) is 6.58 Å². The zero-order valence-corrected chi connectivity index (χ0v) is 10.4. The fraction of sp³-hybridized carbons (Fsp3) is 0.714. The number of rotatable bonds is 3. The van der Waals surface area contributed by atoms with E-state index in [1.807, 2.05) is 0 Å². The van der Waals surface area contributed by atoms with Crippen LogP contribution in [-0.2, 0) is 14.3 Å². The van der Waals surface area contributed by atoms with Gasteiger partial charge in [-0.3, -0.25) is 9.59 Å². The number of carbonyl (C=O) groups is 2. The molecule has 0 aliphatic heterocycles. The van der Waals surface area contributed by atoms with E-state index >= 15 is 0 Å². The summed E-state index contributed by atoms with van der Waals surface area (Å²) in [6, 6.07) is 0. The highest BCUT2D eigenvalue weighted by Gasteiger charge is 2.63. The summed E-state index contributed by atoms with van der Waals surface area (Å²) in [7, 11) is 0. The van der Waals surface area contributed by atoms with E-state index in [4.69, 9.17) is 4.74 Å². The Morgan fingerprint density at radius 3 is 2.22 bits per heavy atom. The first kappa shape index (κ1) is 11.8. The van der Waals surface area contributed by atoms with Crippen molar-refractivity contribution in [2.45, 2.75) is 38.5 Å². The Hall–Kier alpha value is -1.32. The van der Waals surface area contributed by atoms with Gasteiger partial charge in [-0.05, 0) is 50.4 Å². The monoisotopic (exact) mass is 250 g/mol. The zero-order valence-electron chi connectivity index (χ0n) is 10.4. The first-order chi connectivity index (χ1) is 8.50. The summed E-state index contributed by atoms with van der Waals surface area (Å²) >= 11 is 0. The Bertz CT molecular complexity index is 412. The zero-order chi connectivity index (χ0) is 13.0. The van der Waals surface area contributed by atoms with E-state index < -0.39 is 16.8 Å². The standard InChI is InChI=1S/C14H18O4/c1-2-18-12(17)14-6-9-3-10(7-14)5-13(4-9,8-14)11(15)16/h2,9-10H,1,3-8H2,(H,15,16). The number of ether oxygens (including phenoxy) is 1. The molecule has 4 nitrogen and oxygen atoms in total. The lowest BCUT2D eigenvalue weighted by molar-refractivity contribution is -0.187. The molecule has 18 heavy (non-hydrogen) atoms. The topological polar surface area (TPSA) is 63.6 Å². The first-order valence-corrected chi connectivity index (χ1v) is 6.55. The molecule has 0 saturated heterocycles. The molecule has 0 aromatic carbocycles. The summed E-state index contributed by atoms with van der Waals surface area (Å²) in [6.45, 7) is 3.42. The molecule has 0 radical (unpaired) electrons. The Labute approximate surface area is 106 Å². The SMILES string of the molecule is C=COC(=O)C12CC3CC(CC(C(=O)O)(C3)C1)C2. The van der Waals surface area contributed by atoms with E-state index in [-0.39, 0.29) is 5.97 Å².